The molecule has 0 saturated carbocycles. The largest absolute Gasteiger partial charge is 0.494 e. The summed E-state index contributed by atoms with van der Waals surface area (Å²) < 4.78 is 5.62. The fourth-order valence-corrected chi connectivity index (χ4v) is 5.03. The summed E-state index contributed by atoms with van der Waals surface area (Å²) in [4.78, 5) is 19.1. The van der Waals surface area contributed by atoms with Crippen molar-refractivity contribution in [2.45, 2.75) is 19.4 Å². The van der Waals surface area contributed by atoms with Crippen molar-refractivity contribution in [3.8, 4) is 5.75 Å². The van der Waals surface area contributed by atoms with Gasteiger partial charge in [-0.05, 0) is 60.9 Å². The molecule has 0 fully saturated rings. The van der Waals surface area contributed by atoms with Crippen LogP contribution in [-0.2, 0) is 6.42 Å². The fourth-order valence-electron chi connectivity index (χ4n) is 4.54. The molecule has 4 nitrogen and oxygen atoms in total. The summed E-state index contributed by atoms with van der Waals surface area (Å²) in [5.41, 5.74) is 4.84. The van der Waals surface area contributed by atoms with Crippen molar-refractivity contribution in [3.63, 3.8) is 0 Å². The Morgan fingerprint density at radius 2 is 1.88 bits per heavy atom. The average molecular weight is 465 g/mol. The number of amides is 1. The van der Waals surface area contributed by atoms with Crippen LogP contribution in [0.4, 0.5) is 0 Å². The van der Waals surface area contributed by atoms with Crippen molar-refractivity contribution in [3.05, 3.63) is 99.2 Å². The van der Waals surface area contributed by atoms with Gasteiger partial charge in [-0.2, -0.15) is 0 Å². The van der Waals surface area contributed by atoms with Crippen LogP contribution in [0.3, 0.4) is 0 Å². The number of para-hydroxylation sites is 1. The molecule has 3 aromatic carbocycles. The smallest absolute Gasteiger partial charge is 0.256 e. The Balaban J connectivity index is 1.63. The molecule has 1 N–H and O–H groups in total. The van der Waals surface area contributed by atoms with Gasteiger partial charge in [0.15, 0.2) is 0 Å². The number of carbonyl (C=O) groups is 1. The van der Waals surface area contributed by atoms with Crippen LogP contribution in [0.2, 0.25) is 10.0 Å². The predicted molar refractivity (Wildman–Crippen MR) is 129 cm³/mol. The zero-order valence-corrected chi connectivity index (χ0v) is 19.1. The van der Waals surface area contributed by atoms with Gasteiger partial charge in [-0.1, -0.05) is 53.5 Å². The fraction of sp³-hybridized carbons (Fsp3) is 0.192. The number of hydrogen-bond donors (Lipinski definition) is 1. The minimum Gasteiger partial charge on any atom is -0.494 e. The first kappa shape index (κ1) is 20.9. The first-order valence-corrected chi connectivity index (χ1v) is 11.4. The lowest BCUT2D eigenvalue weighted by Gasteiger charge is -2.36. The Hall–Kier alpha value is -2.95. The molecule has 1 aliphatic heterocycles. The molecular formula is C26H22Cl2N2O2. The normalized spacial score (nSPS) is 15.6. The SMILES string of the molecule is CCOc1ccc(C2c3[nH]c4ccccc4c3CCN2C(=O)c2ccc(Cl)cc2Cl)cc1. The van der Waals surface area contributed by atoms with E-state index in [0.717, 1.165) is 28.9 Å². The number of aromatic amines is 1. The number of rotatable bonds is 4. The van der Waals surface area contributed by atoms with E-state index in [9.17, 15) is 4.79 Å². The number of ether oxygens (including phenoxy) is 1. The molecule has 0 bridgehead atoms. The van der Waals surface area contributed by atoms with Gasteiger partial charge in [0.1, 0.15) is 5.75 Å². The lowest BCUT2D eigenvalue weighted by Crippen LogP contribution is -2.40. The highest BCUT2D eigenvalue weighted by atomic mass is 35.5. The molecular weight excluding hydrogens is 443 g/mol. The van der Waals surface area contributed by atoms with E-state index in [4.69, 9.17) is 27.9 Å². The van der Waals surface area contributed by atoms with Crippen molar-refractivity contribution < 1.29 is 9.53 Å². The van der Waals surface area contributed by atoms with Gasteiger partial charge in [0.25, 0.3) is 5.91 Å². The topological polar surface area (TPSA) is 45.3 Å². The molecule has 1 atom stereocenters. The van der Waals surface area contributed by atoms with Crippen LogP contribution in [0.5, 0.6) is 5.75 Å². The van der Waals surface area contributed by atoms with E-state index in [2.05, 4.69) is 17.1 Å². The maximum absolute atomic E-state index is 13.7. The standard InChI is InChI=1S/C26H22Cl2N2O2/c1-2-32-18-10-7-16(8-11-18)25-24-20(19-5-3-4-6-23(19)29-24)13-14-30(25)26(31)21-12-9-17(27)15-22(21)28/h3-12,15,25,29H,2,13-14H2,1H3. The third kappa shape index (κ3) is 3.64. The Kier molecular flexibility index (Phi) is 5.58. The second-order valence-electron chi connectivity index (χ2n) is 7.84. The summed E-state index contributed by atoms with van der Waals surface area (Å²) in [6.45, 7) is 3.15. The molecule has 1 unspecified atom stereocenters. The zero-order valence-electron chi connectivity index (χ0n) is 17.6. The summed E-state index contributed by atoms with van der Waals surface area (Å²) in [6, 6.07) is 21.0. The van der Waals surface area contributed by atoms with Gasteiger partial charge in [-0.3, -0.25) is 4.79 Å². The van der Waals surface area contributed by atoms with Crippen molar-refractivity contribution in [1.82, 2.24) is 9.88 Å². The van der Waals surface area contributed by atoms with E-state index in [-0.39, 0.29) is 11.9 Å². The van der Waals surface area contributed by atoms with Crippen LogP contribution in [0, 0.1) is 0 Å². The average Bonchev–Trinajstić information content (AvgIpc) is 3.18. The number of H-pyrrole nitrogens is 1. The van der Waals surface area contributed by atoms with Crippen LogP contribution in [0.1, 0.15) is 40.1 Å². The van der Waals surface area contributed by atoms with Crippen molar-refractivity contribution in [1.29, 1.82) is 0 Å². The highest BCUT2D eigenvalue weighted by molar-refractivity contribution is 6.36. The Labute approximate surface area is 196 Å². The van der Waals surface area contributed by atoms with E-state index in [1.165, 1.54) is 10.9 Å². The second kappa shape index (κ2) is 8.53. The van der Waals surface area contributed by atoms with Gasteiger partial charge in [-0.25, -0.2) is 0 Å². The summed E-state index contributed by atoms with van der Waals surface area (Å²) in [7, 11) is 0. The number of carbonyl (C=O) groups excluding carboxylic acids is 1. The van der Waals surface area contributed by atoms with E-state index in [1.54, 1.807) is 18.2 Å². The molecule has 1 amide bonds. The second-order valence-corrected chi connectivity index (χ2v) is 8.68. The monoisotopic (exact) mass is 464 g/mol. The Morgan fingerprint density at radius 1 is 1.09 bits per heavy atom. The van der Waals surface area contributed by atoms with Crippen LogP contribution in [0.15, 0.2) is 66.7 Å². The van der Waals surface area contributed by atoms with Crippen LogP contribution >= 0.6 is 23.2 Å². The molecule has 2 heterocycles. The van der Waals surface area contributed by atoms with E-state index in [1.807, 2.05) is 48.2 Å². The highest BCUT2D eigenvalue weighted by Gasteiger charge is 2.35. The zero-order chi connectivity index (χ0) is 22.2. The van der Waals surface area contributed by atoms with Crippen molar-refractivity contribution in [2.75, 3.05) is 13.2 Å². The highest BCUT2D eigenvalue weighted by Crippen LogP contribution is 2.40. The third-order valence-corrected chi connectivity index (χ3v) is 6.51. The number of nitrogens with zero attached hydrogens (tertiary/aromatic N) is 1. The molecule has 0 aliphatic carbocycles. The predicted octanol–water partition coefficient (Wildman–Crippen LogP) is 6.66. The number of aromatic nitrogens is 1. The summed E-state index contributed by atoms with van der Waals surface area (Å²) in [5.74, 6) is 0.692. The molecule has 162 valence electrons. The van der Waals surface area contributed by atoms with Gasteiger partial charge in [-0.15, -0.1) is 0 Å². The van der Waals surface area contributed by atoms with Gasteiger partial charge in [0.05, 0.1) is 23.2 Å². The van der Waals surface area contributed by atoms with Crippen molar-refractivity contribution in [2.24, 2.45) is 0 Å². The summed E-state index contributed by atoms with van der Waals surface area (Å²) in [5, 5.41) is 2.07. The molecule has 32 heavy (non-hydrogen) atoms. The Morgan fingerprint density at radius 3 is 2.62 bits per heavy atom. The van der Waals surface area contributed by atoms with Crippen LogP contribution in [-0.4, -0.2) is 28.9 Å². The molecule has 6 heteroatoms. The minimum absolute atomic E-state index is 0.116. The number of benzene rings is 3. The van der Waals surface area contributed by atoms with Crippen LogP contribution in [0.25, 0.3) is 10.9 Å². The lowest BCUT2D eigenvalue weighted by atomic mass is 9.91. The third-order valence-electron chi connectivity index (χ3n) is 5.96. The van der Waals surface area contributed by atoms with Gasteiger partial charge in [0.2, 0.25) is 0 Å². The van der Waals surface area contributed by atoms with Gasteiger partial charge < -0.3 is 14.6 Å². The minimum atomic E-state index is -0.263. The van der Waals surface area contributed by atoms with Crippen molar-refractivity contribution >= 4 is 40.0 Å². The maximum atomic E-state index is 13.7. The summed E-state index contributed by atoms with van der Waals surface area (Å²) >= 11 is 12.5. The maximum Gasteiger partial charge on any atom is 0.256 e. The molecule has 0 saturated heterocycles. The molecule has 1 aliphatic rings. The molecule has 1 aromatic heterocycles. The lowest BCUT2D eigenvalue weighted by molar-refractivity contribution is 0.0692. The number of fused-ring (bicyclic) bond motifs is 3. The number of hydrogen-bond acceptors (Lipinski definition) is 2. The van der Waals surface area contributed by atoms with Gasteiger partial charge >= 0.3 is 0 Å². The first-order chi connectivity index (χ1) is 15.6. The van der Waals surface area contributed by atoms with E-state index >= 15 is 0 Å². The quantitative estimate of drug-likeness (QED) is 0.366. The Bertz CT molecular complexity index is 1300. The van der Waals surface area contributed by atoms with Gasteiger partial charge in [0, 0.05) is 28.2 Å². The summed E-state index contributed by atoms with van der Waals surface area (Å²) in [6.07, 6.45) is 0.768. The van der Waals surface area contributed by atoms with Crippen LogP contribution < -0.4 is 4.74 Å². The first-order valence-electron chi connectivity index (χ1n) is 10.6. The molecule has 0 spiro atoms. The van der Waals surface area contributed by atoms with E-state index < -0.39 is 0 Å². The molecule has 0 radical (unpaired) electrons. The number of halogens is 2. The number of nitrogens with one attached hydrogen (secondary N) is 1. The molecule has 4 aromatic rings. The molecule has 5 rings (SSSR count). The van der Waals surface area contributed by atoms with E-state index in [0.29, 0.717) is 28.8 Å².